The van der Waals surface area contributed by atoms with Crippen LogP contribution in [0.3, 0.4) is 0 Å². The average Bonchev–Trinajstić information content (AvgIpc) is 2.45. The molecule has 0 bridgehead atoms. The topological polar surface area (TPSA) is 61.4 Å². The summed E-state index contributed by atoms with van der Waals surface area (Å²) < 4.78 is 0. The quantitative estimate of drug-likeness (QED) is 0.536. The minimum Gasteiger partial charge on any atom is -0.379 e. The van der Waals surface area contributed by atoms with Gasteiger partial charge in [0.15, 0.2) is 5.60 Å². The van der Waals surface area contributed by atoms with Crippen molar-refractivity contribution in [3.05, 3.63) is 0 Å². The van der Waals surface area contributed by atoms with Gasteiger partial charge in [-0.3, -0.25) is 4.79 Å². The summed E-state index contributed by atoms with van der Waals surface area (Å²) in [5.74, 6) is -0.192. The van der Waals surface area contributed by atoms with Gasteiger partial charge in [-0.05, 0) is 32.2 Å². The first-order valence-corrected chi connectivity index (χ1v) is 4.95. The molecule has 13 heavy (non-hydrogen) atoms. The largest absolute Gasteiger partial charge is 0.379 e. The molecule has 1 heterocycles. The second kappa shape index (κ2) is 3.27. The molecule has 4 nitrogen and oxygen atoms in total. The van der Waals surface area contributed by atoms with Crippen LogP contribution in [0.2, 0.25) is 0 Å². The van der Waals surface area contributed by atoms with Crippen molar-refractivity contribution in [3.8, 4) is 0 Å². The summed E-state index contributed by atoms with van der Waals surface area (Å²) in [5.41, 5.74) is -1.14. The molecule has 1 saturated carbocycles. The van der Waals surface area contributed by atoms with Crippen LogP contribution in [-0.4, -0.2) is 35.7 Å². The van der Waals surface area contributed by atoms with Crippen molar-refractivity contribution in [2.24, 2.45) is 0 Å². The van der Waals surface area contributed by atoms with Crippen LogP contribution in [0.5, 0.6) is 0 Å². The van der Waals surface area contributed by atoms with Crippen LogP contribution in [0, 0.1) is 0 Å². The minimum absolute atomic E-state index is 0.192. The molecule has 2 aliphatic rings. The molecule has 0 spiro atoms. The Balaban J connectivity index is 1.87. The molecule has 1 saturated heterocycles. The maximum absolute atomic E-state index is 11.6. The highest BCUT2D eigenvalue weighted by atomic mass is 16.3. The summed E-state index contributed by atoms with van der Waals surface area (Å²) in [6.07, 6.45) is 3.86. The van der Waals surface area contributed by atoms with Gasteiger partial charge in [-0.1, -0.05) is 0 Å². The summed E-state index contributed by atoms with van der Waals surface area (Å²) in [6.45, 7) is 1.13. The van der Waals surface area contributed by atoms with Crippen LogP contribution in [0.15, 0.2) is 0 Å². The standard InChI is InChI=1S/C9H16N2O2/c12-8(11-7-2-1-3-7)9(13)4-5-10-6-9/h7,10,13H,1-6H2,(H,11,12). The summed E-state index contributed by atoms with van der Waals surface area (Å²) in [4.78, 5) is 11.6. The first-order valence-electron chi connectivity index (χ1n) is 4.95. The Kier molecular flexibility index (Phi) is 2.26. The number of amides is 1. The first-order chi connectivity index (χ1) is 6.21. The third-order valence-corrected chi connectivity index (χ3v) is 3.00. The SMILES string of the molecule is O=C(NC1CCC1)C1(O)CCNC1. The molecule has 2 fully saturated rings. The fraction of sp³-hybridized carbons (Fsp3) is 0.889. The Bertz CT molecular complexity index is 208. The van der Waals surface area contributed by atoms with Crippen LogP contribution in [0.1, 0.15) is 25.7 Å². The number of nitrogens with one attached hydrogen (secondary N) is 2. The van der Waals surface area contributed by atoms with Crippen molar-refractivity contribution in [2.45, 2.75) is 37.3 Å². The maximum atomic E-state index is 11.6. The molecule has 0 aromatic heterocycles. The van der Waals surface area contributed by atoms with Crippen LogP contribution in [-0.2, 0) is 4.79 Å². The van der Waals surface area contributed by atoms with E-state index in [1.165, 1.54) is 6.42 Å². The van der Waals surface area contributed by atoms with Crippen molar-refractivity contribution in [2.75, 3.05) is 13.1 Å². The lowest BCUT2D eigenvalue weighted by Gasteiger charge is -2.30. The molecule has 1 atom stereocenters. The zero-order chi connectivity index (χ0) is 9.31. The van der Waals surface area contributed by atoms with Gasteiger partial charge in [0, 0.05) is 12.6 Å². The summed E-state index contributed by atoms with van der Waals surface area (Å²) >= 11 is 0. The van der Waals surface area contributed by atoms with E-state index in [4.69, 9.17) is 0 Å². The number of aliphatic hydroxyl groups is 1. The van der Waals surface area contributed by atoms with E-state index in [-0.39, 0.29) is 5.91 Å². The molecule has 1 amide bonds. The van der Waals surface area contributed by atoms with Crippen LogP contribution in [0.25, 0.3) is 0 Å². The van der Waals surface area contributed by atoms with E-state index in [2.05, 4.69) is 10.6 Å². The molecule has 74 valence electrons. The Morgan fingerprint density at radius 3 is 2.77 bits per heavy atom. The van der Waals surface area contributed by atoms with Gasteiger partial charge in [0.2, 0.25) is 0 Å². The lowest BCUT2D eigenvalue weighted by Crippen LogP contribution is -2.53. The molecule has 1 aliphatic heterocycles. The number of hydrogen-bond donors (Lipinski definition) is 3. The van der Waals surface area contributed by atoms with Gasteiger partial charge in [0.25, 0.3) is 5.91 Å². The second-order valence-corrected chi connectivity index (χ2v) is 4.06. The Labute approximate surface area is 77.7 Å². The third kappa shape index (κ3) is 1.69. The molecule has 0 aromatic carbocycles. The zero-order valence-electron chi connectivity index (χ0n) is 7.68. The van der Waals surface area contributed by atoms with Crippen LogP contribution < -0.4 is 10.6 Å². The predicted molar refractivity (Wildman–Crippen MR) is 48.2 cm³/mol. The van der Waals surface area contributed by atoms with E-state index >= 15 is 0 Å². The van der Waals surface area contributed by atoms with Crippen LogP contribution >= 0.6 is 0 Å². The summed E-state index contributed by atoms with van der Waals surface area (Å²) in [7, 11) is 0. The molecule has 4 heteroatoms. The van der Waals surface area contributed by atoms with Crippen molar-refractivity contribution in [1.29, 1.82) is 0 Å². The fourth-order valence-electron chi connectivity index (χ4n) is 1.74. The van der Waals surface area contributed by atoms with Crippen molar-refractivity contribution in [3.63, 3.8) is 0 Å². The van der Waals surface area contributed by atoms with Crippen molar-refractivity contribution >= 4 is 5.91 Å². The maximum Gasteiger partial charge on any atom is 0.253 e. The smallest absolute Gasteiger partial charge is 0.253 e. The number of carbonyl (C=O) groups excluding carboxylic acids is 1. The Morgan fingerprint density at radius 1 is 1.54 bits per heavy atom. The number of β-amino-alcohol motifs (C(OH)–C–C–N with tert-alkyl or cyclic N) is 1. The minimum atomic E-state index is -1.14. The number of hydrogen-bond acceptors (Lipinski definition) is 3. The lowest BCUT2D eigenvalue weighted by atomic mass is 9.91. The molecular formula is C9H16N2O2. The highest BCUT2D eigenvalue weighted by Crippen LogP contribution is 2.21. The molecule has 3 N–H and O–H groups in total. The summed E-state index contributed by atoms with van der Waals surface area (Å²) in [6, 6.07) is 0.317. The van der Waals surface area contributed by atoms with Gasteiger partial charge in [0.05, 0.1) is 0 Å². The van der Waals surface area contributed by atoms with E-state index < -0.39 is 5.60 Å². The van der Waals surface area contributed by atoms with Gasteiger partial charge in [-0.25, -0.2) is 0 Å². The second-order valence-electron chi connectivity index (χ2n) is 4.06. The lowest BCUT2D eigenvalue weighted by molar-refractivity contribution is -0.139. The molecule has 1 unspecified atom stereocenters. The molecular weight excluding hydrogens is 168 g/mol. The van der Waals surface area contributed by atoms with Gasteiger partial charge >= 0.3 is 0 Å². The van der Waals surface area contributed by atoms with E-state index in [9.17, 15) is 9.90 Å². The third-order valence-electron chi connectivity index (χ3n) is 3.00. The van der Waals surface area contributed by atoms with E-state index in [1.807, 2.05) is 0 Å². The number of carbonyl (C=O) groups is 1. The van der Waals surface area contributed by atoms with Gasteiger partial charge < -0.3 is 15.7 Å². The van der Waals surface area contributed by atoms with Gasteiger partial charge in [-0.15, -0.1) is 0 Å². The van der Waals surface area contributed by atoms with Crippen molar-refractivity contribution in [1.82, 2.24) is 10.6 Å². The van der Waals surface area contributed by atoms with Crippen molar-refractivity contribution < 1.29 is 9.90 Å². The van der Waals surface area contributed by atoms with E-state index in [1.54, 1.807) is 0 Å². The normalized spacial score (nSPS) is 34.2. The van der Waals surface area contributed by atoms with Gasteiger partial charge in [-0.2, -0.15) is 0 Å². The Hall–Kier alpha value is -0.610. The molecule has 0 radical (unpaired) electrons. The highest BCUT2D eigenvalue weighted by Gasteiger charge is 2.40. The highest BCUT2D eigenvalue weighted by molar-refractivity contribution is 5.85. The number of rotatable bonds is 2. The monoisotopic (exact) mass is 184 g/mol. The average molecular weight is 184 g/mol. The summed E-state index contributed by atoms with van der Waals surface area (Å²) in [5, 5.41) is 15.7. The Morgan fingerprint density at radius 2 is 2.31 bits per heavy atom. The fourth-order valence-corrected chi connectivity index (χ4v) is 1.74. The first kappa shape index (κ1) is 8.97. The molecule has 0 aromatic rings. The van der Waals surface area contributed by atoms with E-state index in [0.29, 0.717) is 19.0 Å². The van der Waals surface area contributed by atoms with Gasteiger partial charge in [0.1, 0.15) is 0 Å². The predicted octanol–water partition coefficient (Wildman–Crippen LogP) is -0.621. The molecule has 1 aliphatic carbocycles. The van der Waals surface area contributed by atoms with Crippen LogP contribution in [0.4, 0.5) is 0 Å². The van der Waals surface area contributed by atoms with E-state index in [0.717, 1.165) is 19.4 Å². The zero-order valence-corrected chi connectivity index (χ0v) is 7.68. The molecule has 2 rings (SSSR count).